The Bertz CT molecular complexity index is 551. The molecule has 19 heavy (non-hydrogen) atoms. The van der Waals surface area contributed by atoms with Crippen LogP contribution in [0.15, 0.2) is 10.8 Å². The van der Waals surface area contributed by atoms with E-state index < -0.39 is 0 Å². The van der Waals surface area contributed by atoms with Gasteiger partial charge in [0, 0.05) is 29.4 Å². The van der Waals surface area contributed by atoms with Crippen LogP contribution < -0.4 is 5.32 Å². The first-order valence-electron chi connectivity index (χ1n) is 5.96. The van der Waals surface area contributed by atoms with E-state index >= 15 is 0 Å². The van der Waals surface area contributed by atoms with Crippen LogP contribution in [0.3, 0.4) is 0 Å². The zero-order valence-corrected chi connectivity index (χ0v) is 12.4. The summed E-state index contributed by atoms with van der Waals surface area (Å²) in [6.07, 6.45) is 0.854. The number of esters is 1. The molecule has 0 radical (unpaired) electrons. The number of carbonyl (C=O) groups is 1. The predicted octanol–water partition coefficient (Wildman–Crippen LogP) is 2.74. The Morgan fingerprint density at radius 3 is 2.89 bits per heavy atom. The fourth-order valence-corrected chi connectivity index (χ4v) is 2.93. The zero-order valence-electron chi connectivity index (χ0n) is 10.8. The summed E-state index contributed by atoms with van der Waals surface area (Å²) < 4.78 is 4.89. The van der Waals surface area contributed by atoms with Gasteiger partial charge in [-0.25, -0.2) is 14.8 Å². The monoisotopic (exact) mass is 297 g/mol. The topological polar surface area (TPSA) is 64.1 Å². The lowest BCUT2D eigenvalue weighted by atomic mass is 10.4. The fourth-order valence-electron chi connectivity index (χ4n) is 1.45. The Balaban J connectivity index is 1.81. The number of aryl methyl sites for hydroxylation is 1. The molecule has 0 aliphatic rings. The summed E-state index contributed by atoms with van der Waals surface area (Å²) in [5.41, 5.74) is 1.42. The van der Waals surface area contributed by atoms with Crippen molar-refractivity contribution in [3.05, 3.63) is 27.2 Å². The predicted molar refractivity (Wildman–Crippen MR) is 77.1 cm³/mol. The second kappa shape index (κ2) is 6.63. The molecule has 1 N–H and O–H groups in total. The third-order valence-corrected chi connectivity index (χ3v) is 4.10. The molecule has 0 atom stereocenters. The first-order chi connectivity index (χ1) is 9.19. The molecule has 0 amide bonds. The Morgan fingerprint density at radius 2 is 2.21 bits per heavy atom. The molecule has 2 aromatic heterocycles. The highest BCUT2D eigenvalue weighted by atomic mass is 32.1. The maximum absolute atomic E-state index is 11.4. The van der Waals surface area contributed by atoms with E-state index in [-0.39, 0.29) is 5.97 Å². The summed E-state index contributed by atoms with van der Waals surface area (Å²) in [6, 6.07) is 0. The molecular weight excluding hydrogens is 282 g/mol. The van der Waals surface area contributed by atoms with Gasteiger partial charge in [-0.1, -0.05) is 0 Å². The standard InChI is InChI=1S/C12H15N3O2S2/c1-3-17-11(16)9-7-19-12(15-9)13-5-4-10-14-8(2)6-18-10/h6-7H,3-5H2,1-2H3,(H,13,15). The first kappa shape index (κ1) is 14.0. The van der Waals surface area contributed by atoms with Crippen LogP contribution in [0.1, 0.15) is 28.1 Å². The molecule has 2 heterocycles. The normalized spacial score (nSPS) is 10.4. The fraction of sp³-hybridized carbons (Fsp3) is 0.417. The van der Waals surface area contributed by atoms with Crippen LogP contribution in [-0.4, -0.2) is 29.1 Å². The Kier molecular flexibility index (Phi) is 4.86. The SMILES string of the molecule is CCOC(=O)c1csc(NCCc2nc(C)cs2)n1. The number of aromatic nitrogens is 2. The number of thiazole rings is 2. The van der Waals surface area contributed by atoms with Gasteiger partial charge >= 0.3 is 5.97 Å². The lowest BCUT2D eigenvalue weighted by Gasteiger charge is -2.00. The molecule has 0 aliphatic heterocycles. The molecule has 5 nitrogen and oxygen atoms in total. The van der Waals surface area contributed by atoms with Crippen LogP contribution in [0.25, 0.3) is 0 Å². The van der Waals surface area contributed by atoms with Crippen molar-refractivity contribution in [2.75, 3.05) is 18.5 Å². The molecule has 102 valence electrons. The maximum atomic E-state index is 11.4. The van der Waals surface area contributed by atoms with Crippen LogP contribution in [0.4, 0.5) is 5.13 Å². The Hall–Kier alpha value is -1.47. The molecule has 7 heteroatoms. The van der Waals surface area contributed by atoms with E-state index in [1.54, 1.807) is 23.6 Å². The number of hydrogen-bond acceptors (Lipinski definition) is 7. The van der Waals surface area contributed by atoms with Gasteiger partial charge in [-0.05, 0) is 13.8 Å². The van der Waals surface area contributed by atoms with Gasteiger partial charge in [-0.3, -0.25) is 0 Å². The average Bonchev–Trinajstić information content (AvgIpc) is 2.99. The third kappa shape index (κ3) is 4.00. The van der Waals surface area contributed by atoms with Crippen molar-refractivity contribution in [1.82, 2.24) is 9.97 Å². The van der Waals surface area contributed by atoms with Crippen molar-refractivity contribution >= 4 is 33.8 Å². The van der Waals surface area contributed by atoms with E-state index in [1.165, 1.54) is 11.3 Å². The smallest absolute Gasteiger partial charge is 0.357 e. The summed E-state index contributed by atoms with van der Waals surface area (Å²) in [5, 5.41) is 8.76. The minimum absolute atomic E-state index is 0.361. The molecule has 0 spiro atoms. The van der Waals surface area contributed by atoms with Crippen molar-refractivity contribution in [2.24, 2.45) is 0 Å². The highest BCUT2D eigenvalue weighted by Gasteiger charge is 2.11. The minimum Gasteiger partial charge on any atom is -0.461 e. The number of carbonyl (C=O) groups excluding carboxylic acids is 1. The number of anilines is 1. The Labute approximate surface area is 119 Å². The van der Waals surface area contributed by atoms with Crippen molar-refractivity contribution in [2.45, 2.75) is 20.3 Å². The molecule has 2 rings (SSSR count). The van der Waals surface area contributed by atoms with Crippen molar-refractivity contribution in [1.29, 1.82) is 0 Å². The summed E-state index contributed by atoms with van der Waals surface area (Å²) in [7, 11) is 0. The minimum atomic E-state index is -0.373. The van der Waals surface area contributed by atoms with E-state index in [4.69, 9.17) is 4.74 Å². The van der Waals surface area contributed by atoms with Gasteiger partial charge in [0.15, 0.2) is 10.8 Å². The van der Waals surface area contributed by atoms with Gasteiger partial charge in [0.05, 0.1) is 11.6 Å². The number of nitrogens with one attached hydrogen (secondary N) is 1. The third-order valence-electron chi connectivity index (χ3n) is 2.27. The maximum Gasteiger partial charge on any atom is 0.357 e. The van der Waals surface area contributed by atoms with Crippen LogP contribution >= 0.6 is 22.7 Å². The molecule has 0 aromatic carbocycles. The van der Waals surface area contributed by atoms with E-state index in [9.17, 15) is 4.79 Å². The molecule has 0 saturated heterocycles. The summed E-state index contributed by atoms with van der Waals surface area (Å²) >= 11 is 3.06. The zero-order chi connectivity index (χ0) is 13.7. The second-order valence-electron chi connectivity index (χ2n) is 3.82. The Morgan fingerprint density at radius 1 is 1.37 bits per heavy atom. The van der Waals surface area contributed by atoms with Gasteiger partial charge in [-0.15, -0.1) is 22.7 Å². The van der Waals surface area contributed by atoms with Gasteiger partial charge in [0.25, 0.3) is 0 Å². The van der Waals surface area contributed by atoms with Gasteiger partial charge in [0.2, 0.25) is 0 Å². The molecule has 0 aliphatic carbocycles. The van der Waals surface area contributed by atoms with Gasteiger partial charge in [-0.2, -0.15) is 0 Å². The quantitative estimate of drug-likeness (QED) is 0.831. The highest BCUT2D eigenvalue weighted by Crippen LogP contribution is 2.16. The van der Waals surface area contributed by atoms with Crippen LogP contribution in [-0.2, 0) is 11.2 Å². The number of nitrogens with zero attached hydrogens (tertiary/aromatic N) is 2. The van der Waals surface area contributed by atoms with Gasteiger partial charge in [0.1, 0.15) is 0 Å². The second-order valence-corrected chi connectivity index (χ2v) is 5.62. The summed E-state index contributed by atoms with van der Waals surface area (Å²) in [5.74, 6) is -0.373. The van der Waals surface area contributed by atoms with Crippen molar-refractivity contribution in [3.8, 4) is 0 Å². The van der Waals surface area contributed by atoms with Crippen molar-refractivity contribution < 1.29 is 9.53 Å². The lowest BCUT2D eigenvalue weighted by molar-refractivity contribution is 0.0520. The van der Waals surface area contributed by atoms with Crippen molar-refractivity contribution in [3.63, 3.8) is 0 Å². The number of rotatable bonds is 6. The number of ether oxygens (including phenoxy) is 1. The highest BCUT2D eigenvalue weighted by molar-refractivity contribution is 7.13. The molecular formula is C12H15N3O2S2. The molecule has 0 unspecified atom stereocenters. The van der Waals surface area contributed by atoms with E-state index in [2.05, 4.69) is 15.3 Å². The lowest BCUT2D eigenvalue weighted by Crippen LogP contribution is -2.07. The van der Waals surface area contributed by atoms with Gasteiger partial charge < -0.3 is 10.1 Å². The molecule has 0 fully saturated rings. The molecule has 0 bridgehead atoms. The van der Waals surface area contributed by atoms with Crippen LogP contribution in [0.5, 0.6) is 0 Å². The largest absolute Gasteiger partial charge is 0.461 e. The summed E-state index contributed by atoms with van der Waals surface area (Å²) in [6.45, 7) is 4.88. The summed E-state index contributed by atoms with van der Waals surface area (Å²) in [4.78, 5) is 20.0. The van der Waals surface area contributed by atoms with E-state index in [1.807, 2.05) is 12.3 Å². The number of hydrogen-bond donors (Lipinski definition) is 1. The first-order valence-corrected chi connectivity index (χ1v) is 7.72. The van der Waals surface area contributed by atoms with Crippen LogP contribution in [0, 0.1) is 6.92 Å². The van der Waals surface area contributed by atoms with E-state index in [0.29, 0.717) is 12.3 Å². The van der Waals surface area contributed by atoms with Crippen LogP contribution in [0.2, 0.25) is 0 Å². The molecule has 2 aromatic rings. The molecule has 0 saturated carbocycles. The average molecular weight is 297 g/mol. The van der Waals surface area contributed by atoms with E-state index in [0.717, 1.165) is 28.8 Å².